The first-order valence-corrected chi connectivity index (χ1v) is 8.30. The molecule has 0 aliphatic carbocycles. The summed E-state index contributed by atoms with van der Waals surface area (Å²) in [7, 11) is 0. The zero-order valence-electron chi connectivity index (χ0n) is 14.2. The Bertz CT molecular complexity index is 847. The van der Waals surface area contributed by atoms with Crippen LogP contribution in [0, 0.1) is 11.3 Å². The number of anilines is 2. The Morgan fingerprint density at radius 1 is 1.19 bits per heavy atom. The van der Waals surface area contributed by atoms with Gasteiger partial charge in [-0.05, 0) is 48.0 Å². The maximum atomic E-state index is 12.3. The number of hydrogen-bond donors (Lipinski definition) is 2. The predicted octanol–water partition coefficient (Wildman–Crippen LogP) is 2.77. The van der Waals surface area contributed by atoms with Crippen molar-refractivity contribution in [2.75, 3.05) is 36.5 Å². The molecule has 1 amide bonds. The molecule has 3 rings (SSSR count). The van der Waals surface area contributed by atoms with Crippen molar-refractivity contribution in [1.29, 1.82) is 5.26 Å². The molecule has 26 heavy (non-hydrogen) atoms. The number of nitriles is 1. The molecule has 6 nitrogen and oxygen atoms in total. The second-order valence-corrected chi connectivity index (χ2v) is 5.87. The molecule has 0 spiro atoms. The number of morpholine rings is 1. The van der Waals surface area contributed by atoms with Gasteiger partial charge in [-0.1, -0.05) is 12.1 Å². The van der Waals surface area contributed by atoms with Crippen molar-refractivity contribution in [1.82, 2.24) is 0 Å². The Hall–Kier alpha value is -3.30. The molecule has 132 valence electrons. The highest BCUT2D eigenvalue weighted by atomic mass is 16.5. The quantitative estimate of drug-likeness (QED) is 0.655. The van der Waals surface area contributed by atoms with Gasteiger partial charge in [0.15, 0.2) is 0 Å². The van der Waals surface area contributed by atoms with Crippen LogP contribution in [0.1, 0.15) is 5.56 Å². The molecule has 1 fully saturated rings. The number of phenols is 1. The van der Waals surface area contributed by atoms with E-state index in [0.29, 0.717) is 24.5 Å². The smallest absolute Gasteiger partial charge is 0.266 e. The highest BCUT2D eigenvalue weighted by molar-refractivity contribution is 6.09. The van der Waals surface area contributed by atoms with Gasteiger partial charge in [0.2, 0.25) is 0 Å². The van der Waals surface area contributed by atoms with Crippen molar-refractivity contribution in [3.63, 3.8) is 0 Å². The molecule has 2 N–H and O–H groups in total. The fourth-order valence-corrected chi connectivity index (χ4v) is 2.71. The van der Waals surface area contributed by atoms with E-state index in [4.69, 9.17) is 4.74 Å². The lowest BCUT2D eigenvalue weighted by molar-refractivity contribution is -0.112. The molecule has 1 heterocycles. The minimum absolute atomic E-state index is 0.0344. The lowest BCUT2D eigenvalue weighted by Crippen LogP contribution is -2.36. The second kappa shape index (κ2) is 8.19. The van der Waals surface area contributed by atoms with Crippen LogP contribution in [0.15, 0.2) is 54.1 Å². The monoisotopic (exact) mass is 349 g/mol. The molecule has 0 radical (unpaired) electrons. The number of aromatic hydroxyl groups is 1. The van der Waals surface area contributed by atoms with Gasteiger partial charge in [-0.3, -0.25) is 4.79 Å². The van der Waals surface area contributed by atoms with Crippen LogP contribution in [0.5, 0.6) is 5.75 Å². The van der Waals surface area contributed by atoms with Crippen molar-refractivity contribution in [3.05, 3.63) is 59.7 Å². The van der Waals surface area contributed by atoms with Gasteiger partial charge in [0.1, 0.15) is 17.4 Å². The van der Waals surface area contributed by atoms with Gasteiger partial charge >= 0.3 is 0 Å². The standard InChI is InChI=1S/C20H19N3O3/c21-14-16(12-15-2-1-3-19(24)13-15)20(25)22-17-4-6-18(7-5-17)23-8-10-26-11-9-23/h1-7,12-13,24H,8-11H2,(H,22,25). The molecule has 0 unspecified atom stereocenters. The average Bonchev–Trinajstić information content (AvgIpc) is 2.67. The van der Waals surface area contributed by atoms with Crippen molar-refractivity contribution >= 4 is 23.4 Å². The lowest BCUT2D eigenvalue weighted by Gasteiger charge is -2.28. The first-order valence-electron chi connectivity index (χ1n) is 8.30. The van der Waals surface area contributed by atoms with Crippen molar-refractivity contribution in [2.24, 2.45) is 0 Å². The van der Waals surface area contributed by atoms with E-state index in [0.717, 1.165) is 18.8 Å². The lowest BCUT2D eigenvalue weighted by atomic mass is 10.1. The van der Waals surface area contributed by atoms with Crippen LogP contribution in [0.25, 0.3) is 6.08 Å². The van der Waals surface area contributed by atoms with Crippen LogP contribution in [0.3, 0.4) is 0 Å². The Morgan fingerprint density at radius 2 is 1.92 bits per heavy atom. The number of nitrogens with zero attached hydrogens (tertiary/aromatic N) is 2. The zero-order chi connectivity index (χ0) is 18.4. The Labute approximate surface area is 151 Å². The summed E-state index contributed by atoms with van der Waals surface area (Å²) in [6.45, 7) is 3.11. The summed E-state index contributed by atoms with van der Waals surface area (Å²) in [6.07, 6.45) is 1.44. The Kier molecular flexibility index (Phi) is 5.52. The van der Waals surface area contributed by atoms with Gasteiger partial charge in [0, 0.05) is 24.5 Å². The molecule has 1 saturated heterocycles. The first-order chi connectivity index (χ1) is 12.7. The van der Waals surface area contributed by atoms with E-state index in [1.165, 1.54) is 18.2 Å². The Balaban J connectivity index is 1.69. The van der Waals surface area contributed by atoms with Crippen molar-refractivity contribution in [2.45, 2.75) is 0 Å². The number of phenolic OH excluding ortho intramolecular Hbond substituents is 1. The normalized spacial score (nSPS) is 14.6. The molecule has 0 aromatic heterocycles. The molecule has 2 aromatic rings. The maximum Gasteiger partial charge on any atom is 0.266 e. The predicted molar refractivity (Wildman–Crippen MR) is 99.8 cm³/mol. The van der Waals surface area contributed by atoms with E-state index < -0.39 is 5.91 Å². The highest BCUT2D eigenvalue weighted by Gasteiger charge is 2.12. The molecule has 2 aromatic carbocycles. The van der Waals surface area contributed by atoms with Crippen LogP contribution in [-0.2, 0) is 9.53 Å². The van der Waals surface area contributed by atoms with Crippen LogP contribution >= 0.6 is 0 Å². The number of benzene rings is 2. The van der Waals surface area contributed by atoms with Gasteiger partial charge in [0.25, 0.3) is 5.91 Å². The minimum atomic E-state index is -0.491. The van der Waals surface area contributed by atoms with Gasteiger partial charge < -0.3 is 20.1 Å². The molecular formula is C20H19N3O3. The van der Waals surface area contributed by atoms with Crippen molar-refractivity contribution < 1.29 is 14.6 Å². The maximum absolute atomic E-state index is 12.3. The van der Waals surface area contributed by atoms with Crippen LogP contribution < -0.4 is 10.2 Å². The topological polar surface area (TPSA) is 85.6 Å². The second-order valence-electron chi connectivity index (χ2n) is 5.87. The van der Waals surface area contributed by atoms with Gasteiger partial charge in [-0.15, -0.1) is 0 Å². The van der Waals surface area contributed by atoms with Crippen LogP contribution in [0.4, 0.5) is 11.4 Å². The summed E-state index contributed by atoms with van der Waals surface area (Å²) in [5.74, 6) is -0.412. The van der Waals surface area contributed by atoms with Crippen LogP contribution in [0.2, 0.25) is 0 Å². The van der Waals surface area contributed by atoms with E-state index in [-0.39, 0.29) is 11.3 Å². The summed E-state index contributed by atoms with van der Waals surface area (Å²) in [6, 6.07) is 15.8. The zero-order valence-corrected chi connectivity index (χ0v) is 14.2. The van der Waals surface area contributed by atoms with E-state index in [1.54, 1.807) is 12.1 Å². The van der Waals surface area contributed by atoms with E-state index in [9.17, 15) is 15.2 Å². The summed E-state index contributed by atoms with van der Waals surface area (Å²) in [4.78, 5) is 14.5. The van der Waals surface area contributed by atoms with E-state index in [1.807, 2.05) is 30.3 Å². The summed E-state index contributed by atoms with van der Waals surface area (Å²) >= 11 is 0. The average molecular weight is 349 g/mol. The number of rotatable bonds is 4. The third kappa shape index (κ3) is 4.41. The number of nitrogens with one attached hydrogen (secondary N) is 1. The molecule has 0 atom stereocenters. The van der Waals surface area contributed by atoms with Gasteiger partial charge in [0.05, 0.1) is 13.2 Å². The molecule has 1 aliphatic rings. The minimum Gasteiger partial charge on any atom is -0.508 e. The summed E-state index contributed by atoms with van der Waals surface area (Å²) < 4.78 is 5.34. The van der Waals surface area contributed by atoms with Crippen LogP contribution in [-0.4, -0.2) is 37.3 Å². The number of carbonyl (C=O) groups excluding carboxylic acids is 1. The van der Waals surface area contributed by atoms with Crippen molar-refractivity contribution in [3.8, 4) is 11.8 Å². The summed E-state index contributed by atoms with van der Waals surface area (Å²) in [5.41, 5.74) is 2.23. The Morgan fingerprint density at radius 3 is 2.58 bits per heavy atom. The molecule has 6 heteroatoms. The number of carbonyl (C=O) groups is 1. The molecular weight excluding hydrogens is 330 g/mol. The molecule has 0 saturated carbocycles. The number of ether oxygens (including phenoxy) is 1. The largest absolute Gasteiger partial charge is 0.508 e. The molecule has 0 bridgehead atoms. The number of amides is 1. The third-order valence-electron chi connectivity index (χ3n) is 4.05. The fraction of sp³-hybridized carbons (Fsp3) is 0.200. The summed E-state index contributed by atoms with van der Waals surface area (Å²) in [5, 5.41) is 21.5. The van der Waals surface area contributed by atoms with E-state index >= 15 is 0 Å². The van der Waals surface area contributed by atoms with Gasteiger partial charge in [-0.25, -0.2) is 0 Å². The number of hydrogen-bond acceptors (Lipinski definition) is 5. The highest BCUT2D eigenvalue weighted by Crippen LogP contribution is 2.20. The third-order valence-corrected chi connectivity index (χ3v) is 4.05. The molecule has 1 aliphatic heterocycles. The first kappa shape index (κ1) is 17.5. The SMILES string of the molecule is N#CC(=Cc1cccc(O)c1)C(=O)Nc1ccc(N2CCOCC2)cc1. The fourth-order valence-electron chi connectivity index (χ4n) is 2.71. The van der Waals surface area contributed by atoms with E-state index in [2.05, 4.69) is 10.2 Å². The van der Waals surface area contributed by atoms with Gasteiger partial charge in [-0.2, -0.15) is 5.26 Å².